The highest BCUT2D eigenvalue weighted by molar-refractivity contribution is 6.30. The van der Waals surface area contributed by atoms with E-state index >= 15 is 0 Å². The fourth-order valence-electron chi connectivity index (χ4n) is 2.88. The highest BCUT2D eigenvalue weighted by atomic mass is 35.5. The van der Waals surface area contributed by atoms with Crippen LogP contribution in [0, 0.1) is 0 Å². The third-order valence-electron chi connectivity index (χ3n) is 4.52. The van der Waals surface area contributed by atoms with E-state index in [2.05, 4.69) is 42.7 Å². The minimum Gasteiger partial charge on any atom is -0.365 e. The van der Waals surface area contributed by atoms with Crippen LogP contribution >= 0.6 is 11.6 Å². The molecule has 10 heteroatoms. The first kappa shape index (κ1) is 21.3. The monoisotopic (exact) mass is 419 g/mol. The topological polar surface area (TPSA) is 102 Å². The number of carbonyl (C=O) groups is 1. The van der Waals surface area contributed by atoms with Crippen LogP contribution in [-0.2, 0) is 9.53 Å². The highest BCUT2D eigenvalue weighted by Crippen LogP contribution is 2.20. The standard InChI is InChI=1S/C19H26ClN7O2/c1-29-18(21-8-2-9-22-19(28)17-11-24-26-25-17)12-27-10-7-16(23-13-27)14-3-5-15(20)6-4-14/h3-7,11,13,17-18,21,25-26H,2,8-10,12H2,1H3,(H,22,28). The van der Waals surface area contributed by atoms with Gasteiger partial charge >= 0.3 is 0 Å². The van der Waals surface area contributed by atoms with Gasteiger partial charge in [-0.1, -0.05) is 23.7 Å². The van der Waals surface area contributed by atoms with E-state index in [-0.39, 0.29) is 12.1 Å². The molecule has 1 amide bonds. The molecule has 2 unspecified atom stereocenters. The molecule has 0 fully saturated rings. The van der Waals surface area contributed by atoms with Crippen molar-refractivity contribution >= 4 is 35.8 Å². The number of aliphatic imine (C=N–C) groups is 1. The number of ether oxygens (including phenoxy) is 1. The molecular weight excluding hydrogens is 394 g/mol. The van der Waals surface area contributed by atoms with Gasteiger partial charge in [0.15, 0.2) is 0 Å². The first-order valence-electron chi connectivity index (χ1n) is 9.47. The minimum atomic E-state index is -0.418. The van der Waals surface area contributed by atoms with E-state index in [1.165, 1.54) is 6.21 Å². The Bertz CT molecular complexity index is 766. The maximum absolute atomic E-state index is 11.8. The average Bonchev–Trinajstić information content (AvgIpc) is 3.29. The lowest BCUT2D eigenvalue weighted by Crippen LogP contribution is -2.46. The molecule has 0 aliphatic carbocycles. The Hall–Kier alpha value is -2.46. The molecule has 1 aromatic rings. The number of hydrogen-bond donors (Lipinski definition) is 4. The molecule has 29 heavy (non-hydrogen) atoms. The lowest BCUT2D eigenvalue weighted by atomic mass is 10.1. The lowest BCUT2D eigenvalue weighted by molar-refractivity contribution is -0.121. The van der Waals surface area contributed by atoms with Gasteiger partial charge in [-0.3, -0.25) is 10.1 Å². The van der Waals surface area contributed by atoms with E-state index in [0.717, 1.165) is 30.8 Å². The Morgan fingerprint density at radius 3 is 2.86 bits per heavy atom. The second kappa shape index (κ2) is 10.9. The summed E-state index contributed by atoms with van der Waals surface area (Å²) in [5, 5.41) is 10.7. The first-order chi connectivity index (χ1) is 14.2. The van der Waals surface area contributed by atoms with Gasteiger partial charge in [0.25, 0.3) is 0 Å². The third kappa shape index (κ3) is 6.53. The summed E-state index contributed by atoms with van der Waals surface area (Å²) in [4.78, 5) is 18.4. The van der Waals surface area contributed by atoms with E-state index in [1.54, 1.807) is 7.11 Å². The van der Waals surface area contributed by atoms with E-state index in [0.29, 0.717) is 18.1 Å². The van der Waals surface area contributed by atoms with Gasteiger partial charge in [-0.25, -0.2) is 16.0 Å². The smallest absolute Gasteiger partial charge is 0.244 e. The number of hydrazine groups is 1. The number of nitrogens with one attached hydrogen (secondary N) is 4. The Balaban J connectivity index is 1.34. The maximum atomic E-state index is 11.8. The van der Waals surface area contributed by atoms with Crippen LogP contribution in [0.2, 0.25) is 5.02 Å². The SMILES string of the molecule is COC(CN1C=NC(c2ccc(Cl)cc2)=CC1)NCCCNC(=O)C1C=NNN1. The van der Waals surface area contributed by atoms with Crippen LogP contribution in [0.3, 0.4) is 0 Å². The number of benzene rings is 1. The van der Waals surface area contributed by atoms with Crippen LogP contribution in [0.15, 0.2) is 40.4 Å². The average molecular weight is 420 g/mol. The van der Waals surface area contributed by atoms with Crippen molar-refractivity contribution in [2.75, 3.05) is 33.3 Å². The molecule has 1 aromatic carbocycles. The number of carbonyl (C=O) groups excluding carboxylic acids is 1. The molecule has 2 atom stereocenters. The van der Waals surface area contributed by atoms with Crippen molar-refractivity contribution in [2.24, 2.45) is 10.1 Å². The normalized spacial score (nSPS) is 19.0. The summed E-state index contributed by atoms with van der Waals surface area (Å²) >= 11 is 5.94. The third-order valence-corrected chi connectivity index (χ3v) is 4.77. The highest BCUT2D eigenvalue weighted by Gasteiger charge is 2.18. The molecule has 9 nitrogen and oxygen atoms in total. The lowest BCUT2D eigenvalue weighted by Gasteiger charge is -2.27. The largest absolute Gasteiger partial charge is 0.365 e. The summed E-state index contributed by atoms with van der Waals surface area (Å²) in [6, 6.07) is 7.24. The number of hydrazone groups is 1. The molecule has 2 aliphatic heterocycles. The number of nitrogens with zero attached hydrogens (tertiary/aromatic N) is 3. The van der Waals surface area contributed by atoms with Crippen LogP contribution in [0.4, 0.5) is 0 Å². The minimum absolute atomic E-state index is 0.102. The molecule has 2 aliphatic rings. The molecule has 2 heterocycles. The number of halogens is 1. The zero-order valence-corrected chi connectivity index (χ0v) is 17.0. The molecule has 0 aromatic heterocycles. The summed E-state index contributed by atoms with van der Waals surface area (Å²) in [5.41, 5.74) is 7.26. The zero-order valence-electron chi connectivity index (χ0n) is 16.3. The molecular formula is C19H26ClN7O2. The second-order valence-corrected chi connectivity index (χ2v) is 7.07. The molecule has 0 saturated heterocycles. The summed E-state index contributed by atoms with van der Waals surface area (Å²) in [6.45, 7) is 2.72. The number of methoxy groups -OCH3 is 1. The van der Waals surface area contributed by atoms with E-state index in [1.807, 2.05) is 30.6 Å². The molecule has 0 spiro atoms. The predicted molar refractivity (Wildman–Crippen MR) is 114 cm³/mol. The molecule has 0 bridgehead atoms. The molecule has 4 N–H and O–H groups in total. The van der Waals surface area contributed by atoms with Crippen LogP contribution in [-0.4, -0.2) is 68.9 Å². The number of rotatable bonds is 10. The fraction of sp³-hybridized carbons (Fsp3) is 0.421. The summed E-state index contributed by atoms with van der Waals surface area (Å²) < 4.78 is 5.51. The van der Waals surface area contributed by atoms with Crippen molar-refractivity contribution in [3.63, 3.8) is 0 Å². The summed E-state index contributed by atoms with van der Waals surface area (Å²) in [5.74, 6) is -0.102. The zero-order chi connectivity index (χ0) is 20.5. The van der Waals surface area contributed by atoms with Crippen LogP contribution in [0.1, 0.15) is 12.0 Å². The Kier molecular flexibility index (Phi) is 8.00. The predicted octanol–water partition coefficient (Wildman–Crippen LogP) is 0.555. The van der Waals surface area contributed by atoms with Gasteiger partial charge in [0.05, 0.1) is 24.8 Å². The van der Waals surface area contributed by atoms with Crippen molar-refractivity contribution in [1.29, 1.82) is 0 Å². The molecule has 0 saturated carbocycles. The van der Waals surface area contributed by atoms with Gasteiger partial charge in [0.1, 0.15) is 12.3 Å². The van der Waals surface area contributed by atoms with Crippen LogP contribution in [0.5, 0.6) is 0 Å². The molecule has 3 rings (SSSR count). The molecule has 0 radical (unpaired) electrons. The van der Waals surface area contributed by atoms with Crippen LogP contribution < -0.4 is 21.6 Å². The van der Waals surface area contributed by atoms with E-state index < -0.39 is 6.04 Å². The maximum Gasteiger partial charge on any atom is 0.244 e. The van der Waals surface area contributed by atoms with Crippen molar-refractivity contribution in [3.05, 3.63) is 40.9 Å². The van der Waals surface area contributed by atoms with Gasteiger partial charge in [-0.05, 0) is 31.2 Å². The van der Waals surface area contributed by atoms with Crippen molar-refractivity contribution < 1.29 is 9.53 Å². The summed E-state index contributed by atoms with van der Waals surface area (Å²) in [7, 11) is 1.67. The van der Waals surface area contributed by atoms with Crippen LogP contribution in [0.25, 0.3) is 5.70 Å². The van der Waals surface area contributed by atoms with Gasteiger partial charge in [-0.15, -0.1) is 0 Å². The fourth-order valence-corrected chi connectivity index (χ4v) is 3.01. The Morgan fingerprint density at radius 2 is 2.21 bits per heavy atom. The van der Waals surface area contributed by atoms with Gasteiger partial charge in [0, 0.05) is 30.8 Å². The Labute approximate surface area is 175 Å². The molecule has 156 valence electrons. The van der Waals surface area contributed by atoms with Gasteiger partial charge in [0.2, 0.25) is 5.91 Å². The first-order valence-corrected chi connectivity index (χ1v) is 9.85. The van der Waals surface area contributed by atoms with Crippen molar-refractivity contribution in [2.45, 2.75) is 18.7 Å². The summed E-state index contributed by atoms with van der Waals surface area (Å²) in [6.07, 6.45) is 6.11. The van der Waals surface area contributed by atoms with Crippen molar-refractivity contribution in [1.82, 2.24) is 26.5 Å². The number of amides is 1. The van der Waals surface area contributed by atoms with E-state index in [4.69, 9.17) is 16.3 Å². The second-order valence-electron chi connectivity index (χ2n) is 6.63. The van der Waals surface area contributed by atoms with Gasteiger partial charge < -0.3 is 15.0 Å². The number of hydrogen-bond acceptors (Lipinski definition) is 8. The quantitative estimate of drug-likeness (QED) is 0.326. The Morgan fingerprint density at radius 1 is 1.38 bits per heavy atom. The van der Waals surface area contributed by atoms with Crippen molar-refractivity contribution in [3.8, 4) is 0 Å². The van der Waals surface area contributed by atoms with Gasteiger partial charge in [-0.2, -0.15) is 5.10 Å². The van der Waals surface area contributed by atoms with E-state index in [9.17, 15) is 4.79 Å².